The number of fused-ring (bicyclic) bond motifs is 1. The zero-order chi connectivity index (χ0) is 11.7. The Balaban J connectivity index is 2.79. The third-order valence-electron chi connectivity index (χ3n) is 2.31. The first-order valence-corrected chi connectivity index (χ1v) is 5.15. The van der Waals surface area contributed by atoms with Gasteiger partial charge in [0.1, 0.15) is 11.3 Å². The summed E-state index contributed by atoms with van der Waals surface area (Å²) in [5.74, 6) is -0.109. The van der Waals surface area contributed by atoms with Gasteiger partial charge in [0.2, 0.25) is 0 Å². The van der Waals surface area contributed by atoms with Crippen molar-refractivity contribution in [3.63, 3.8) is 0 Å². The molecule has 0 aliphatic carbocycles. The normalized spacial score (nSPS) is 10.9. The van der Waals surface area contributed by atoms with Gasteiger partial charge in [0.15, 0.2) is 0 Å². The molecule has 0 amide bonds. The predicted molar refractivity (Wildman–Crippen MR) is 61.9 cm³/mol. The van der Waals surface area contributed by atoms with Gasteiger partial charge in [0, 0.05) is 17.5 Å². The standard InChI is InChI=1S/C11H10ClNO3/c12-8-4-7-6(1-2-13)3-11(15)16-10(7)5-9(8)14/h3-5,14H,1-2,13H2. The summed E-state index contributed by atoms with van der Waals surface area (Å²) in [5, 5.41) is 10.3. The van der Waals surface area contributed by atoms with E-state index in [9.17, 15) is 9.90 Å². The Bertz CT molecular complexity index is 592. The van der Waals surface area contributed by atoms with Crippen LogP contribution < -0.4 is 11.4 Å². The Morgan fingerprint density at radius 2 is 2.12 bits per heavy atom. The fourth-order valence-corrected chi connectivity index (χ4v) is 1.76. The summed E-state index contributed by atoms with van der Waals surface area (Å²) in [7, 11) is 0. The second kappa shape index (κ2) is 4.15. The van der Waals surface area contributed by atoms with Crippen LogP contribution in [0, 0.1) is 0 Å². The van der Waals surface area contributed by atoms with E-state index in [1.807, 2.05) is 0 Å². The molecule has 1 aromatic heterocycles. The second-order valence-electron chi connectivity index (χ2n) is 3.43. The summed E-state index contributed by atoms with van der Waals surface area (Å²) in [5.41, 5.74) is 6.09. The molecule has 0 bridgehead atoms. The number of benzene rings is 1. The largest absolute Gasteiger partial charge is 0.506 e. The molecule has 0 saturated heterocycles. The van der Waals surface area contributed by atoms with E-state index in [0.29, 0.717) is 23.9 Å². The summed E-state index contributed by atoms with van der Waals surface area (Å²) < 4.78 is 4.97. The number of rotatable bonds is 2. The molecule has 16 heavy (non-hydrogen) atoms. The van der Waals surface area contributed by atoms with Gasteiger partial charge in [0.05, 0.1) is 5.02 Å². The molecule has 1 heterocycles. The highest BCUT2D eigenvalue weighted by Crippen LogP contribution is 2.29. The highest BCUT2D eigenvalue weighted by Gasteiger charge is 2.08. The van der Waals surface area contributed by atoms with Crippen LogP contribution in [0.15, 0.2) is 27.4 Å². The van der Waals surface area contributed by atoms with Gasteiger partial charge in [-0.2, -0.15) is 0 Å². The Labute approximate surface area is 96.2 Å². The average molecular weight is 240 g/mol. The monoisotopic (exact) mass is 239 g/mol. The predicted octanol–water partition coefficient (Wildman–Crippen LogP) is 1.65. The Kier molecular flexibility index (Phi) is 2.85. The fraction of sp³-hybridized carbons (Fsp3) is 0.182. The first kappa shape index (κ1) is 11.0. The number of nitrogens with two attached hydrogens (primary N) is 1. The molecular formula is C11H10ClNO3. The van der Waals surface area contributed by atoms with Crippen molar-refractivity contribution in [1.82, 2.24) is 0 Å². The first-order valence-electron chi connectivity index (χ1n) is 4.77. The summed E-state index contributed by atoms with van der Waals surface area (Å²) in [4.78, 5) is 11.3. The molecule has 0 spiro atoms. The van der Waals surface area contributed by atoms with E-state index in [1.54, 1.807) is 6.07 Å². The van der Waals surface area contributed by atoms with Gasteiger partial charge in [-0.3, -0.25) is 0 Å². The van der Waals surface area contributed by atoms with E-state index >= 15 is 0 Å². The minimum absolute atomic E-state index is 0.109. The van der Waals surface area contributed by atoms with Crippen molar-refractivity contribution in [3.05, 3.63) is 39.2 Å². The molecule has 1 aromatic carbocycles. The molecular weight excluding hydrogens is 230 g/mol. The van der Waals surface area contributed by atoms with Crippen molar-refractivity contribution >= 4 is 22.6 Å². The maximum absolute atomic E-state index is 11.3. The molecule has 2 rings (SSSR count). The Morgan fingerprint density at radius 1 is 1.38 bits per heavy atom. The van der Waals surface area contributed by atoms with Gasteiger partial charge in [-0.25, -0.2) is 4.79 Å². The van der Waals surface area contributed by atoms with E-state index in [2.05, 4.69) is 0 Å². The van der Waals surface area contributed by atoms with E-state index in [0.717, 1.165) is 5.56 Å². The van der Waals surface area contributed by atoms with Gasteiger partial charge < -0.3 is 15.3 Å². The maximum atomic E-state index is 11.3. The van der Waals surface area contributed by atoms with Crippen molar-refractivity contribution in [2.75, 3.05) is 6.54 Å². The minimum atomic E-state index is -0.460. The third kappa shape index (κ3) is 1.89. The van der Waals surface area contributed by atoms with Gasteiger partial charge in [-0.15, -0.1) is 0 Å². The molecule has 0 fully saturated rings. The zero-order valence-electron chi connectivity index (χ0n) is 8.37. The van der Waals surface area contributed by atoms with Gasteiger partial charge in [0.25, 0.3) is 0 Å². The third-order valence-corrected chi connectivity index (χ3v) is 2.61. The van der Waals surface area contributed by atoms with Crippen LogP contribution in [0.3, 0.4) is 0 Å². The molecule has 0 unspecified atom stereocenters. The number of phenolic OH excluding ortho intramolecular Hbond substituents is 1. The molecule has 0 radical (unpaired) electrons. The average Bonchev–Trinajstić information content (AvgIpc) is 2.21. The van der Waals surface area contributed by atoms with Crippen molar-refractivity contribution in [2.24, 2.45) is 5.73 Å². The summed E-state index contributed by atoms with van der Waals surface area (Å²) >= 11 is 5.80. The van der Waals surface area contributed by atoms with Crippen LogP contribution in [-0.4, -0.2) is 11.7 Å². The van der Waals surface area contributed by atoms with Crippen LogP contribution in [0.4, 0.5) is 0 Å². The number of hydrogen-bond donors (Lipinski definition) is 2. The number of phenols is 1. The summed E-state index contributed by atoms with van der Waals surface area (Å²) in [6.45, 7) is 0.428. The zero-order valence-corrected chi connectivity index (χ0v) is 9.12. The molecule has 0 aliphatic rings. The van der Waals surface area contributed by atoms with Gasteiger partial charge in [-0.05, 0) is 24.6 Å². The Morgan fingerprint density at radius 3 is 2.81 bits per heavy atom. The molecule has 4 nitrogen and oxygen atoms in total. The number of halogens is 1. The van der Waals surface area contributed by atoms with Crippen molar-refractivity contribution in [2.45, 2.75) is 6.42 Å². The lowest BCUT2D eigenvalue weighted by atomic mass is 10.1. The smallest absolute Gasteiger partial charge is 0.336 e. The highest BCUT2D eigenvalue weighted by atomic mass is 35.5. The number of hydrogen-bond acceptors (Lipinski definition) is 4. The van der Waals surface area contributed by atoms with E-state index in [-0.39, 0.29) is 10.8 Å². The van der Waals surface area contributed by atoms with Crippen LogP contribution >= 0.6 is 11.6 Å². The van der Waals surface area contributed by atoms with Crippen LogP contribution in [0.1, 0.15) is 5.56 Å². The topological polar surface area (TPSA) is 76.5 Å². The summed E-state index contributed by atoms with van der Waals surface area (Å²) in [6, 6.07) is 4.29. The van der Waals surface area contributed by atoms with E-state index < -0.39 is 5.63 Å². The lowest BCUT2D eigenvalue weighted by Gasteiger charge is -2.05. The van der Waals surface area contributed by atoms with Crippen LogP contribution in [0.2, 0.25) is 5.02 Å². The number of aromatic hydroxyl groups is 1. The minimum Gasteiger partial charge on any atom is -0.506 e. The molecule has 0 aliphatic heterocycles. The fourth-order valence-electron chi connectivity index (χ4n) is 1.60. The Hall–Kier alpha value is -1.52. The lowest BCUT2D eigenvalue weighted by Crippen LogP contribution is -2.07. The lowest BCUT2D eigenvalue weighted by molar-refractivity contribution is 0.473. The SMILES string of the molecule is NCCc1cc(=O)oc2cc(O)c(Cl)cc12. The highest BCUT2D eigenvalue weighted by molar-refractivity contribution is 6.32. The van der Waals surface area contributed by atoms with Crippen molar-refractivity contribution in [3.8, 4) is 5.75 Å². The second-order valence-corrected chi connectivity index (χ2v) is 3.84. The van der Waals surface area contributed by atoms with Crippen molar-refractivity contribution in [1.29, 1.82) is 0 Å². The van der Waals surface area contributed by atoms with Crippen LogP contribution in [-0.2, 0) is 6.42 Å². The van der Waals surface area contributed by atoms with E-state index in [4.69, 9.17) is 21.8 Å². The van der Waals surface area contributed by atoms with E-state index in [1.165, 1.54) is 12.1 Å². The van der Waals surface area contributed by atoms with Gasteiger partial charge in [-0.1, -0.05) is 11.6 Å². The first-order chi connectivity index (χ1) is 7.61. The van der Waals surface area contributed by atoms with Gasteiger partial charge >= 0.3 is 5.63 Å². The maximum Gasteiger partial charge on any atom is 0.336 e. The quantitative estimate of drug-likeness (QED) is 0.782. The molecule has 0 atom stereocenters. The molecule has 5 heteroatoms. The van der Waals surface area contributed by atoms with Crippen LogP contribution in [0.25, 0.3) is 11.0 Å². The molecule has 84 valence electrons. The van der Waals surface area contributed by atoms with Crippen molar-refractivity contribution < 1.29 is 9.52 Å². The summed E-state index contributed by atoms with van der Waals surface area (Å²) in [6.07, 6.45) is 0.559. The molecule has 2 aromatic rings. The molecule has 0 saturated carbocycles. The molecule has 3 N–H and O–H groups in total. The van der Waals surface area contributed by atoms with Crippen LogP contribution in [0.5, 0.6) is 5.75 Å².